The Kier molecular flexibility index (Phi) is 6.33. The van der Waals surface area contributed by atoms with Crippen LogP contribution in [0.4, 0.5) is 4.39 Å². The number of allylic oxidation sites excluding steroid dienone is 1. The van der Waals surface area contributed by atoms with E-state index in [4.69, 9.17) is 0 Å². The maximum Gasteiger partial charge on any atom is 0.179 e. The van der Waals surface area contributed by atoms with E-state index in [9.17, 15) is 9.18 Å². The van der Waals surface area contributed by atoms with Crippen LogP contribution >= 0.6 is 0 Å². The first-order valence-electron chi connectivity index (χ1n) is 6.93. The number of hydrogen-bond acceptors (Lipinski definition) is 2. The normalized spacial score (nSPS) is 11.5. The van der Waals surface area contributed by atoms with Gasteiger partial charge in [-0.2, -0.15) is 0 Å². The summed E-state index contributed by atoms with van der Waals surface area (Å²) in [7, 11) is 1.82. The van der Waals surface area contributed by atoms with Crippen LogP contribution in [-0.2, 0) is 0 Å². The molecule has 0 unspecified atom stereocenters. The fraction of sp³-hybridized carbons (Fsp3) is 0.389. The third kappa shape index (κ3) is 6.87. The summed E-state index contributed by atoms with van der Waals surface area (Å²) in [5.41, 5.74) is 0.123. The number of hydrogen-bond donors (Lipinski definition) is 0. The molecule has 0 spiro atoms. The van der Waals surface area contributed by atoms with Crippen molar-refractivity contribution in [1.82, 2.24) is 4.90 Å². The molecule has 0 aliphatic carbocycles. The molecule has 0 fully saturated rings. The van der Waals surface area contributed by atoms with E-state index in [2.05, 4.69) is 11.8 Å². The van der Waals surface area contributed by atoms with Crippen LogP contribution in [0, 0.1) is 23.1 Å². The number of ketones is 1. The first-order chi connectivity index (χ1) is 9.79. The van der Waals surface area contributed by atoms with Crippen LogP contribution in [0.1, 0.15) is 31.1 Å². The van der Waals surface area contributed by atoms with Crippen LogP contribution in [0.25, 0.3) is 0 Å². The van der Waals surface area contributed by atoms with Crippen LogP contribution in [0.2, 0.25) is 0 Å². The summed E-state index contributed by atoms with van der Waals surface area (Å²) in [5.74, 6) is 5.38. The Bertz CT molecular complexity index is 573. The number of rotatable bonds is 5. The summed E-state index contributed by atoms with van der Waals surface area (Å²) < 4.78 is 13.5. The minimum atomic E-state index is -0.470. The molecule has 0 atom stereocenters. The molecule has 0 aliphatic rings. The van der Waals surface area contributed by atoms with Gasteiger partial charge in [0.05, 0.1) is 12.1 Å². The van der Waals surface area contributed by atoms with E-state index in [0.717, 1.165) is 0 Å². The van der Waals surface area contributed by atoms with Gasteiger partial charge in [0.15, 0.2) is 5.78 Å². The quantitative estimate of drug-likeness (QED) is 0.610. The summed E-state index contributed by atoms with van der Waals surface area (Å²) in [6.07, 6.45) is 3.68. The summed E-state index contributed by atoms with van der Waals surface area (Å²) in [6.45, 7) is 6.92. The Labute approximate surface area is 126 Å². The van der Waals surface area contributed by atoms with E-state index in [1.165, 1.54) is 12.1 Å². The summed E-state index contributed by atoms with van der Waals surface area (Å²) in [5, 5.41) is 0. The third-order valence-corrected chi connectivity index (χ3v) is 2.65. The van der Waals surface area contributed by atoms with Crippen molar-refractivity contribution < 1.29 is 9.18 Å². The molecule has 1 aromatic rings. The lowest BCUT2D eigenvalue weighted by atomic mass is 9.98. The van der Waals surface area contributed by atoms with Crippen LogP contribution in [0.5, 0.6) is 0 Å². The second-order valence-corrected chi connectivity index (χ2v) is 6.02. The van der Waals surface area contributed by atoms with Gasteiger partial charge in [-0.05, 0) is 46.0 Å². The van der Waals surface area contributed by atoms with Gasteiger partial charge >= 0.3 is 0 Å². The Hall–Kier alpha value is -1.92. The Morgan fingerprint density at radius 2 is 2.00 bits per heavy atom. The van der Waals surface area contributed by atoms with Gasteiger partial charge in [0.1, 0.15) is 5.82 Å². The molecule has 3 heteroatoms. The summed E-state index contributed by atoms with van der Waals surface area (Å²) in [6, 6.07) is 6.05. The highest BCUT2D eigenvalue weighted by Crippen LogP contribution is 2.09. The number of carbonyl (C=O) groups excluding carboxylic acids is 1. The molecule has 0 amide bonds. The predicted molar refractivity (Wildman–Crippen MR) is 84.6 cm³/mol. The highest BCUT2D eigenvalue weighted by molar-refractivity contribution is 5.97. The second-order valence-electron chi connectivity index (χ2n) is 6.02. The van der Waals surface area contributed by atoms with Crippen LogP contribution < -0.4 is 0 Å². The molecule has 0 aliphatic heterocycles. The van der Waals surface area contributed by atoms with Gasteiger partial charge in [0.2, 0.25) is 0 Å². The molecule has 0 aromatic heterocycles. The van der Waals surface area contributed by atoms with Crippen molar-refractivity contribution in [2.45, 2.75) is 20.8 Å². The minimum Gasteiger partial charge on any atom is -0.295 e. The highest BCUT2D eigenvalue weighted by atomic mass is 19.1. The SMILES string of the molecule is CN(C/C=C/C#CC(C)(C)C)CC(=O)c1ccccc1F. The van der Waals surface area contributed by atoms with Crippen LogP contribution in [-0.4, -0.2) is 30.8 Å². The van der Waals surface area contributed by atoms with Gasteiger partial charge in [0.25, 0.3) is 0 Å². The van der Waals surface area contributed by atoms with Crippen LogP contribution in [0.3, 0.4) is 0 Å². The first kappa shape index (κ1) is 17.1. The Morgan fingerprint density at radius 3 is 2.62 bits per heavy atom. The molecule has 1 rings (SSSR count). The molecule has 0 heterocycles. The van der Waals surface area contributed by atoms with Crippen molar-refractivity contribution in [2.75, 3.05) is 20.1 Å². The van der Waals surface area contributed by atoms with Gasteiger partial charge in [-0.15, -0.1) is 0 Å². The molecule has 21 heavy (non-hydrogen) atoms. The highest BCUT2D eigenvalue weighted by Gasteiger charge is 2.12. The summed E-state index contributed by atoms with van der Waals surface area (Å²) in [4.78, 5) is 13.8. The van der Waals surface area contributed by atoms with Gasteiger partial charge in [-0.3, -0.25) is 9.69 Å². The van der Waals surface area contributed by atoms with E-state index < -0.39 is 5.82 Å². The van der Waals surface area contributed by atoms with Crippen molar-refractivity contribution in [3.8, 4) is 11.8 Å². The zero-order chi connectivity index (χ0) is 15.9. The fourth-order valence-corrected chi connectivity index (χ4v) is 1.63. The van der Waals surface area contributed by atoms with Gasteiger partial charge in [0, 0.05) is 12.0 Å². The van der Waals surface area contributed by atoms with Gasteiger partial charge in [-0.1, -0.05) is 30.0 Å². The summed E-state index contributed by atoms with van der Waals surface area (Å²) >= 11 is 0. The lowest BCUT2D eigenvalue weighted by Crippen LogP contribution is -2.26. The van der Waals surface area contributed by atoms with Crippen molar-refractivity contribution in [3.05, 3.63) is 47.8 Å². The molecular formula is C18H22FNO. The standard InChI is InChI=1S/C18H22FNO/c1-18(2,3)12-8-5-9-13-20(4)14-17(21)15-10-6-7-11-16(15)19/h5-7,9-11H,13-14H2,1-4H3/b9-5+. The van der Waals surface area contributed by atoms with Crippen molar-refractivity contribution in [2.24, 2.45) is 5.41 Å². The van der Waals surface area contributed by atoms with Crippen LogP contribution in [0.15, 0.2) is 36.4 Å². The van der Waals surface area contributed by atoms with Crippen molar-refractivity contribution in [1.29, 1.82) is 0 Å². The molecule has 0 radical (unpaired) electrons. The number of likely N-dealkylation sites (N-methyl/N-ethyl adjacent to an activating group) is 1. The molecule has 0 saturated heterocycles. The largest absolute Gasteiger partial charge is 0.295 e. The number of Topliss-reactive ketones (excluding diaryl/α,β-unsaturated/α-hetero) is 1. The van der Waals surface area contributed by atoms with Gasteiger partial charge in [-0.25, -0.2) is 4.39 Å². The predicted octanol–water partition coefficient (Wildman–Crippen LogP) is 3.55. The topological polar surface area (TPSA) is 20.3 Å². The molecule has 0 N–H and O–H groups in total. The first-order valence-corrected chi connectivity index (χ1v) is 6.93. The van der Waals surface area contributed by atoms with Gasteiger partial charge < -0.3 is 0 Å². The monoisotopic (exact) mass is 287 g/mol. The average Bonchev–Trinajstić information content (AvgIpc) is 2.37. The number of carbonyl (C=O) groups is 1. The Balaban J connectivity index is 2.49. The average molecular weight is 287 g/mol. The van der Waals surface area contributed by atoms with E-state index in [-0.39, 0.29) is 23.3 Å². The van der Waals surface area contributed by atoms with E-state index in [0.29, 0.717) is 6.54 Å². The molecule has 112 valence electrons. The maximum atomic E-state index is 13.5. The zero-order valence-electron chi connectivity index (χ0n) is 13.1. The van der Waals surface area contributed by atoms with Crippen molar-refractivity contribution >= 4 is 5.78 Å². The minimum absolute atomic E-state index is 0.0168. The van der Waals surface area contributed by atoms with E-state index in [1.54, 1.807) is 18.2 Å². The maximum absolute atomic E-state index is 13.5. The third-order valence-electron chi connectivity index (χ3n) is 2.65. The molecular weight excluding hydrogens is 265 g/mol. The molecule has 2 nitrogen and oxygen atoms in total. The Morgan fingerprint density at radius 1 is 1.33 bits per heavy atom. The molecule has 0 saturated carbocycles. The lowest BCUT2D eigenvalue weighted by Gasteiger charge is -2.13. The number of halogens is 1. The zero-order valence-corrected chi connectivity index (χ0v) is 13.1. The molecule has 0 bridgehead atoms. The molecule has 1 aromatic carbocycles. The number of nitrogens with zero attached hydrogens (tertiary/aromatic N) is 1. The van der Waals surface area contributed by atoms with E-state index >= 15 is 0 Å². The second kappa shape index (κ2) is 7.75. The fourth-order valence-electron chi connectivity index (χ4n) is 1.63. The lowest BCUT2D eigenvalue weighted by molar-refractivity contribution is 0.0948. The van der Waals surface area contributed by atoms with Crippen molar-refractivity contribution in [3.63, 3.8) is 0 Å². The van der Waals surface area contributed by atoms with E-state index in [1.807, 2.05) is 38.8 Å². The smallest absolute Gasteiger partial charge is 0.179 e. The number of benzene rings is 1.